The molecule has 198 valence electrons. The number of benzene rings is 2. The number of amides is 3. The molecule has 0 spiro atoms. The summed E-state index contributed by atoms with van der Waals surface area (Å²) in [6.07, 6.45) is 5.13. The molecule has 0 radical (unpaired) electrons. The molecule has 7 nitrogen and oxygen atoms in total. The normalized spacial score (nSPS) is 19.5. The lowest BCUT2D eigenvalue weighted by Crippen LogP contribution is -2.58. The number of carbonyl (C=O) groups is 3. The van der Waals surface area contributed by atoms with Gasteiger partial charge in [0.25, 0.3) is 5.91 Å². The standard InChI is InChI=1S/C28H34F2N4O3/c1-17(31-2)26(35)32-23(19-10-4-3-5-11-19)28(37)34-16-15-18-9-6-7-12-20(18)25(34)27(36)33-24-21(29)13-8-14-22(24)30/h6-9,12-14,17,19,23,25,31H,3-5,10-11,15-16H2,1-2H3,(H,32,35)(H,33,36). The Kier molecular flexibility index (Phi) is 8.53. The fourth-order valence-electron chi connectivity index (χ4n) is 5.33. The van der Waals surface area contributed by atoms with Crippen molar-refractivity contribution in [1.82, 2.24) is 15.5 Å². The first kappa shape index (κ1) is 26.7. The molecule has 2 aliphatic rings. The minimum Gasteiger partial charge on any atom is -0.343 e. The molecule has 3 N–H and O–H groups in total. The second-order valence-corrected chi connectivity index (χ2v) is 9.86. The van der Waals surface area contributed by atoms with Crippen molar-refractivity contribution in [3.8, 4) is 0 Å². The highest BCUT2D eigenvalue weighted by Crippen LogP contribution is 2.34. The van der Waals surface area contributed by atoms with Crippen molar-refractivity contribution in [2.75, 3.05) is 18.9 Å². The number of rotatable bonds is 7. The topological polar surface area (TPSA) is 90.5 Å². The monoisotopic (exact) mass is 512 g/mol. The SMILES string of the molecule is CNC(C)C(=O)NC(C(=O)N1CCc2ccccc2C1C(=O)Nc1c(F)cccc1F)C1CCCCC1. The fraction of sp³-hybridized carbons (Fsp3) is 0.464. The van der Waals surface area contributed by atoms with E-state index in [4.69, 9.17) is 0 Å². The van der Waals surface area contributed by atoms with Crippen molar-refractivity contribution in [3.05, 3.63) is 65.2 Å². The Balaban J connectivity index is 1.68. The third kappa shape index (κ3) is 5.82. The van der Waals surface area contributed by atoms with Gasteiger partial charge >= 0.3 is 0 Å². The van der Waals surface area contributed by atoms with E-state index in [0.29, 0.717) is 12.0 Å². The number of likely N-dealkylation sites (N-methyl/N-ethyl adjacent to an activating group) is 1. The van der Waals surface area contributed by atoms with Crippen LogP contribution in [0.1, 0.15) is 56.2 Å². The molecule has 37 heavy (non-hydrogen) atoms. The van der Waals surface area contributed by atoms with E-state index in [9.17, 15) is 23.2 Å². The number of nitrogens with one attached hydrogen (secondary N) is 3. The van der Waals surface area contributed by atoms with Crippen LogP contribution in [0.25, 0.3) is 0 Å². The first-order chi connectivity index (χ1) is 17.8. The Hall–Kier alpha value is -3.33. The van der Waals surface area contributed by atoms with E-state index >= 15 is 0 Å². The summed E-state index contributed by atoms with van der Waals surface area (Å²) in [7, 11) is 1.67. The van der Waals surface area contributed by atoms with Crippen LogP contribution in [0.3, 0.4) is 0 Å². The molecule has 0 saturated heterocycles. The maximum Gasteiger partial charge on any atom is 0.251 e. The highest BCUT2D eigenvalue weighted by molar-refractivity contribution is 6.00. The highest BCUT2D eigenvalue weighted by Gasteiger charge is 2.42. The van der Waals surface area contributed by atoms with Crippen molar-refractivity contribution in [1.29, 1.82) is 0 Å². The van der Waals surface area contributed by atoms with Crippen LogP contribution in [-0.4, -0.2) is 48.3 Å². The maximum absolute atomic E-state index is 14.4. The smallest absolute Gasteiger partial charge is 0.251 e. The summed E-state index contributed by atoms with van der Waals surface area (Å²) < 4.78 is 28.7. The van der Waals surface area contributed by atoms with Crippen molar-refractivity contribution in [2.24, 2.45) is 5.92 Å². The van der Waals surface area contributed by atoms with Gasteiger partial charge in [0.15, 0.2) is 0 Å². The van der Waals surface area contributed by atoms with E-state index < -0.39 is 41.4 Å². The molecule has 0 aromatic heterocycles. The molecular formula is C28H34F2N4O3. The zero-order valence-corrected chi connectivity index (χ0v) is 21.2. The van der Waals surface area contributed by atoms with Gasteiger partial charge in [0.1, 0.15) is 29.4 Å². The van der Waals surface area contributed by atoms with Gasteiger partial charge in [0.05, 0.1) is 6.04 Å². The van der Waals surface area contributed by atoms with E-state index in [1.807, 2.05) is 12.1 Å². The van der Waals surface area contributed by atoms with Crippen LogP contribution in [0.4, 0.5) is 14.5 Å². The van der Waals surface area contributed by atoms with Crippen molar-refractivity contribution < 1.29 is 23.2 Å². The van der Waals surface area contributed by atoms with Gasteiger partial charge in [-0.1, -0.05) is 49.6 Å². The number of anilines is 1. The van der Waals surface area contributed by atoms with E-state index in [1.165, 1.54) is 11.0 Å². The second kappa shape index (κ2) is 11.8. The molecule has 3 atom stereocenters. The largest absolute Gasteiger partial charge is 0.343 e. The Morgan fingerprint density at radius 2 is 1.65 bits per heavy atom. The van der Waals surface area contributed by atoms with Gasteiger partial charge in [0, 0.05) is 6.54 Å². The summed E-state index contributed by atoms with van der Waals surface area (Å²) in [4.78, 5) is 42.0. The minimum absolute atomic E-state index is 0.0563. The van der Waals surface area contributed by atoms with Crippen LogP contribution in [0, 0.1) is 17.6 Å². The molecule has 2 aromatic carbocycles. The zero-order chi connectivity index (χ0) is 26.5. The number of para-hydroxylation sites is 1. The van der Waals surface area contributed by atoms with Gasteiger partial charge in [0.2, 0.25) is 11.8 Å². The van der Waals surface area contributed by atoms with Crippen molar-refractivity contribution >= 4 is 23.4 Å². The summed E-state index contributed by atoms with van der Waals surface area (Å²) >= 11 is 0. The molecule has 2 aromatic rings. The summed E-state index contributed by atoms with van der Waals surface area (Å²) in [6.45, 7) is 1.96. The van der Waals surface area contributed by atoms with Gasteiger partial charge in [-0.05, 0) is 62.4 Å². The van der Waals surface area contributed by atoms with Crippen LogP contribution < -0.4 is 16.0 Å². The third-order valence-electron chi connectivity index (χ3n) is 7.54. The molecule has 1 fully saturated rings. The summed E-state index contributed by atoms with van der Waals surface area (Å²) in [6, 6.07) is 8.22. The third-order valence-corrected chi connectivity index (χ3v) is 7.54. The maximum atomic E-state index is 14.4. The van der Waals surface area contributed by atoms with Crippen LogP contribution >= 0.6 is 0 Å². The molecule has 1 heterocycles. The van der Waals surface area contributed by atoms with Crippen LogP contribution in [-0.2, 0) is 20.8 Å². The lowest BCUT2D eigenvalue weighted by atomic mass is 9.82. The van der Waals surface area contributed by atoms with E-state index in [2.05, 4.69) is 16.0 Å². The molecule has 3 unspecified atom stereocenters. The second-order valence-electron chi connectivity index (χ2n) is 9.86. The number of fused-ring (bicyclic) bond motifs is 1. The minimum atomic E-state index is -1.10. The Morgan fingerprint density at radius 3 is 2.32 bits per heavy atom. The lowest BCUT2D eigenvalue weighted by molar-refractivity contribution is -0.144. The number of carbonyl (C=O) groups excluding carboxylic acids is 3. The molecule has 3 amide bonds. The van der Waals surface area contributed by atoms with Gasteiger partial charge in [-0.25, -0.2) is 8.78 Å². The van der Waals surface area contributed by atoms with E-state index in [-0.39, 0.29) is 24.3 Å². The molecule has 9 heteroatoms. The Bertz CT molecular complexity index is 1130. The molecule has 1 aliphatic carbocycles. The summed E-state index contributed by atoms with van der Waals surface area (Å²) in [5.41, 5.74) is 0.944. The van der Waals surface area contributed by atoms with Crippen molar-refractivity contribution in [3.63, 3.8) is 0 Å². The van der Waals surface area contributed by atoms with Gasteiger partial charge in [-0.15, -0.1) is 0 Å². The molecule has 1 saturated carbocycles. The average Bonchev–Trinajstić information content (AvgIpc) is 2.92. The number of hydrogen-bond donors (Lipinski definition) is 3. The number of nitrogens with zero attached hydrogens (tertiary/aromatic N) is 1. The number of hydrogen-bond acceptors (Lipinski definition) is 4. The first-order valence-corrected chi connectivity index (χ1v) is 12.9. The molecule has 0 bridgehead atoms. The van der Waals surface area contributed by atoms with Gasteiger partial charge < -0.3 is 20.9 Å². The molecule has 4 rings (SSSR count). The lowest BCUT2D eigenvalue weighted by Gasteiger charge is -2.40. The Morgan fingerprint density at radius 1 is 0.973 bits per heavy atom. The predicted octanol–water partition coefficient (Wildman–Crippen LogP) is 3.70. The fourth-order valence-corrected chi connectivity index (χ4v) is 5.33. The van der Waals surface area contributed by atoms with E-state index in [0.717, 1.165) is 49.8 Å². The van der Waals surface area contributed by atoms with E-state index in [1.54, 1.807) is 26.1 Å². The van der Waals surface area contributed by atoms with Crippen LogP contribution in [0.5, 0.6) is 0 Å². The average molecular weight is 513 g/mol. The Labute approximate surface area is 216 Å². The van der Waals surface area contributed by atoms with Gasteiger partial charge in [-0.3, -0.25) is 14.4 Å². The van der Waals surface area contributed by atoms with Crippen LogP contribution in [0.15, 0.2) is 42.5 Å². The quantitative estimate of drug-likeness (QED) is 0.528. The van der Waals surface area contributed by atoms with Crippen LogP contribution in [0.2, 0.25) is 0 Å². The summed E-state index contributed by atoms with van der Waals surface area (Å²) in [5.74, 6) is -3.21. The molecule has 1 aliphatic heterocycles. The number of halogens is 2. The predicted molar refractivity (Wildman–Crippen MR) is 137 cm³/mol. The highest BCUT2D eigenvalue weighted by atomic mass is 19.1. The first-order valence-electron chi connectivity index (χ1n) is 12.9. The molecular weight excluding hydrogens is 478 g/mol. The van der Waals surface area contributed by atoms with Crippen molar-refractivity contribution in [2.45, 2.75) is 63.6 Å². The van der Waals surface area contributed by atoms with Gasteiger partial charge in [-0.2, -0.15) is 0 Å². The zero-order valence-electron chi connectivity index (χ0n) is 21.2. The summed E-state index contributed by atoms with van der Waals surface area (Å²) in [5, 5.41) is 8.22.